The summed E-state index contributed by atoms with van der Waals surface area (Å²) >= 11 is 0. The topological polar surface area (TPSA) is 66.8 Å². The van der Waals surface area contributed by atoms with Crippen molar-refractivity contribution in [3.63, 3.8) is 0 Å². The summed E-state index contributed by atoms with van der Waals surface area (Å²) in [6, 6.07) is 7.48. The Hall–Kier alpha value is -1.55. The van der Waals surface area contributed by atoms with Gasteiger partial charge in [-0.3, -0.25) is 4.79 Å². The maximum Gasteiger partial charge on any atom is 0.303 e. The third-order valence-corrected chi connectivity index (χ3v) is 2.16. The second kappa shape index (κ2) is 6.85. The van der Waals surface area contributed by atoms with E-state index >= 15 is 0 Å². The summed E-state index contributed by atoms with van der Waals surface area (Å²) in [7, 11) is 0. The SMILES string of the molecule is O=C(O)CCCc1ccccc1OCCO. The number of hydrogen-bond acceptors (Lipinski definition) is 3. The monoisotopic (exact) mass is 224 g/mol. The lowest BCUT2D eigenvalue weighted by atomic mass is 10.1. The lowest BCUT2D eigenvalue weighted by molar-refractivity contribution is -0.137. The molecular formula is C12H16O4. The highest BCUT2D eigenvalue weighted by atomic mass is 16.5. The van der Waals surface area contributed by atoms with Crippen LogP contribution in [-0.4, -0.2) is 29.4 Å². The first kappa shape index (κ1) is 12.5. The summed E-state index contributed by atoms with van der Waals surface area (Å²) in [6.45, 7) is 0.236. The van der Waals surface area contributed by atoms with Crippen molar-refractivity contribution in [1.82, 2.24) is 0 Å². The van der Waals surface area contributed by atoms with Gasteiger partial charge in [-0.2, -0.15) is 0 Å². The molecule has 0 saturated heterocycles. The van der Waals surface area contributed by atoms with Gasteiger partial charge < -0.3 is 14.9 Å². The van der Waals surface area contributed by atoms with Crippen LogP contribution in [0.2, 0.25) is 0 Å². The molecular weight excluding hydrogens is 208 g/mol. The fourth-order valence-electron chi connectivity index (χ4n) is 1.44. The second-order valence-corrected chi connectivity index (χ2v) is 3.43. The molecule has 0 aliphatic heterocycles. The molecule has 4 nitrogen and oxygen atoms in total. The summed E-state index contributed by atoms with van der Waals surface area (Å²) in [4.78, 5) is 10.4. The van der Waals surface area contributed by atoms with Crippen LogP contribution in [0.1, 0.15) is 18.4 Å². The van der Waals surface area contributed by atoms with Crippen LogP contribution in [0.5, 0.6) is 5.75 Å². The summed E-state index contributed by atoms with van der Waals surface area (Å²) in [6.07, 6.45) is 1.43. The van der Waals surface area contributed by atoms with Crippen LogP contribution in [-0.2, 0) is 11.2 Å². The van der Waals surface area contributed by atoms with Crippen molar-refractivity contribution in [1.29, 1.82) is 0 Å². The lowest BCUT2D eigenvalue weighted by Gasteiger charge is -2.09. The normalized spacial score (nSPS) is 10.1. The molecule has 0 aromatic heterocycles. The molecule has 16 heavy (non-hydrogen) atoms. The fourth-order valence-corrected chi connectivity index (χ4v) is 1.44. The van der Waals surface area contributed by atoms with E-state index in [0.717, 1.165) is 11.3 Å². The van der Waals surface area contributed by atoms with Crippen molar-refractivity contribution >= 4 is 5.97 Å². The molecule has 0 amide bonds. The molecule has 1 aromatic carbocycles. The second-order valence-electron chi connectivity index (χ2n) is 3.43. The first-order chi connectivity index (χ1) is 7.74. The molecule has 0 atom stereocenters. The number of aliphatic hydroxyl groups excluding tert-OH is 1. The van der Waals surface area contributed by atoms with E-state index in [1.54, 1.807) is 0 Å². The van der Waals surface area contributed by atoms with Gasteiger partial charge in [0.25, 0.3) is 0 Å². The zero-order valence-corrected chi connectivity index (χ0v) is 9.06. The summed E-state index contributed by atoms with van der Waals surface area (Å²) in [5.41, 5.74) is 0.984. The van der Waals surface area contributed by atoms with Gasteiger partial charge in [0.1, 0.15) is 12.4 Å². The Kier molecular flexibility index (Phi) is 5.36. The summed E-state index contributed by atoms with van der Waals surface area (Å²) in [5, 5.41) is 17.2. The first-order valence-corrected chi connectivity index (χ1v) is 5.27. The Morgan fingerprint density at radius 3 is 2.75 bits per heavy atom. The van der Waals surface area contributed by atoms with Gasteiger partial charge in [0.2, 0.25) is 0 Å². The third kappa shape index (κ3) is 4.31. The van der Waals surface area contributed by atoms with Gasteiger partial charge in [0.15, 0.2) is 0 Å². The van der Waals surface area contributed by atoms with Gasteiger partial charge in [-0.15, -0.1) is 0 Å². The van der Waals surface area contributed by atoms with E-state index in [4.69, 9.17) is 14.9 Å². The number of aliphatic hydroxyl groups is 1. The molecule has 0 unspecified atom stereocenters. The summed E-state index contributed by atoms with van der Waals surface area (Å²) in [5.74, 6) is -0.0595. The molecule has 1 aromatic rings. The fraction of sp³-hybridized carbons (Fsp3) is 0.417. The largest absolute Gasteiger partial charge is 0.491 e. The Morgan fingerprint density at radius 2 is 2.06 bits per heavy atom. The number of rotatable bonds is 7. The van der Waals surface area contributed by atoms with Crippen LogP contribution < -0.4 is 4.74 Å². The van der Waals surface area contributed by atoms with Crippen LogP contribution >= 0.6 is 0 Å². The van der Waals surface area contributed by atoms with Crippen LogP contribution in [0.15, 0.2) is 24.3 Å². The summed E-state index contributed by atoms with van der Waals surface area (Å²) < 4.78 is 5.35. The van der Waals surface area contributed by atoms with Crippen molar-refractivity contribution in [2.24, 2.45) is 0 Å². The lowest BCUT2D eigenvalue weighted by Crippen LogP contribution is -2.04. The number of hydrogen-bond donors (Lipinski definition) is 2. The molecule has 0 aliphatic carbocycles. The molecule has 88 valence electrons. The van der Waals surface area contributed by atoms with E-state index in [0.29, 0.717) is 12.8 Å². The van der Waals surface area contributed by atoms with E-state index in [9.17, 15) is 4.79 Å². The van der Waals surface area contributed by atoms with Crippen molar-refractivity contribution in [3.8, 4) is 5.75 Å². The average Bonchev–Trinajstić information content (AvgIpc) is 2.27. The van der Waals surface area contributed by atoms with Crippen molar-refractivity contribution in [3.05, 3.63) is 29.8 Å². The molecule has 0 aliphatic rings. The Balaban J connectivity index is 2.52. The molecule has 1 rings (SSSR count). The minimum atomic E-state index is -0.784. The minimum absolute atomic E-state index is 0.0243. The van der Waals surface area contributed by atoms with Crippen LogP contribution in [0.25, 0.3) is 0 Å². The maximum absolute atomic E-state index is 10.4. The molecule has 0 fully saturated rings. The van der Waals surface area contributed by atoms with E-state index < -0.39 is 5.97 Å². The average molecular weight is 224 g/mol. The van der Waals surface area contributed by atoms with E-state index in [-0.39, 0.29) is 19.6 Å². The molecule has 0 heterocycles. The number of aryl methyl sites for hydroxylation is 1. The van der Waals surface area contributed by atoms with Crippen molar-refractivity contribution in [2.45, 2.75) is 19.3 Å². The highest BCUT2D eigenvalue weighted by Crippen LogP contribution is 2.19. The van der Waals surface area contributed by atoms with E-state index in [2.05, 4.69) is 0 Å². The van der Waals surface area contributed by atoms with Gasteiger partial charge in [0.05, 0.1) is 6.61 Å². The number of ether oxygens (including phenoxy) is 1. The van der Waals surface area contributed by atoms with Gasteiger partial charge in [-0.25, -0.2) is 0 Å². The highest BCUT2D eigenvalue weighted by Gasteiger charge is 2.04. The molecule has 2 N–H and O–H groups in total. The number of aliphatic carboxylic acids is 1. The van der Waals surface area contributed by atoms with E-state index in [1.807, 2.05) is 24.3 Å². The van der Waals surface area contributed by atoms with Crippen LogP contribution in [0.4, 0.5) is 0 Å². The number of carboxylic acids is 1. The number of carboxylic acid groups (broad SMARTS) is 1. The van der Waals surface area contributed by atoms with Crippen molar-refractivity contribution in [2.75, 3.05) is 13.2 Å². The third-order valence-electron chi connectivity index (χ3n) is 2.16. The molecule has 0 radical (unpaired) electrons. The first-order valence-electron chi connectivity index (χ1n) is 5.27. The molecule has 0 bridgehead atoms. The molecule has 0 spiro atoms. The van der Waals surface area contributed by atoms with Crippen molar-refractivity contribution < 1.29 is 19.7 Å². The zero-order valence-electron chi connectivity index (χ0n) is 9.06. The Labute approximate surface area is 94.5 Å². The quantitative estimate of drug-likeness (QED) is 0.736. The standard InChI is InChI=1S/C12H16O4/c13-8-9-16-11-6-2-1-4-10(11)5-3-7-12(14)15/h1-2,4,6,13H,3,5,7-9H2,(H,14,15). The van der Waals surface area contributed by atoms with E-state index in [1.165, 1.54) is 0 Å². The number of para-hydroxylation sites is 1. The predicted octanol–water partition coefficient (Wildman–Crippen LogP) is 1.47. The zero-order chi connectivity index (χ0) is 11.8. The van der Waals surface area contributed by atoms with Crippen LogP contribution in [0, 0.1) is 0 Å². The van der Waals surface area contributed by atoms with Crippen LogP contribution in [0.3, 0.4) is 0 Å². The van der Waals surface area contributed by atoms with Gasteiger partial charge in [0, 0.05) is 6.42 Å². The molecule has 4 heteroatoms. The minimum Gasteiger partial charge on any atom is -0.491 e. The van der Waals surface area contributed by atoms with Gasteiger partial charge in [-0.05, 0) is 24.5 Å². The predicted molar refractivity (Wildman–Crippen MR) is 59.6 cm³/mol. The number of carbonyl (C=O) groups is 1. The van der Waals surface area contributed by atoms with Gasteiger partial charge >= 0.3 is 5.97 Å². The highest BCUT2D eigenvalue weighted by molar-refractivity contribution is 5.66. The number of benzene rings is 1. The Morgan fingerprint density at radius 1 is 1.31 bits per heavy atom. The Bertz CT molecular complexity index is 336. The smallest absolute Gasteiger partial charge is 0.303 e. The molecule has 0 saturated carbocycles. The maximum atomic E-state index is 10.4. The van der Waals surface area contributed by atoms with Gasteiger partial charge in [-0.1, -0.05) is 18.2 Å².